The Morgan fingerprint density at radius 1 is 1.33 bits per heavy atom. The molecule has 0 heterocycles. The van der Waals surface area contributed by atoms with Crippen molar-refractivity contribution in [2.75, 3.05) is 7.11 Å². The molecule has 0 saturated heterocycles. The minimum atomic E-state index is -0.471. The van der Waals surface area contributed by atoms with E-state index >= 15 is 0 Å². The molecule has 0 unspecified atom stereocenters. The van der Waals surface area contributed by atoms with Crippen molar-refractivity contribution in [2.24, 2.45) is 16.6 Å². The van der Waals surface area contributed by atoms with Gasteiger partial charge in [-0.15, -0.1) is 0 Å². The summed E-state index contributed by atoms with van der Waals surface area (Å²) in [6.45, 7) is 3.91. The van der Waals surface area contributed by atoms with Crippen LogP contribution in [0, 0.1) is 5.92 Å². The number of carbonyl (C=O) groups excluding carboxylic acids is 1. The normalized spacial score (nSPS) is 12.7. The van der Waals surface area contributed by atoms with Crippen molar-refractivity contribution in [3.63, 3.8) is 0 Å². The lowest BCUT2D eigenvalue weighted by molar-refractivity contribution is -0.135. The van der Waals surface area contributed by atoms with Crippen LogP contribution in [0.5, 0.6) is 0 Å². The Kier molecular flexibility index (Phi) is 5.11. The van der Waals surface area contributed by atoms with E-state index in [-0.39, 0.29) is 5.92 Å². The molecule has 0 amide bonds. The van der Waals surface area contributed by atoms with Crippen molar-refractivity contribution in [3.05, 3.63) is 42.1 Å². The number of para-hydroxylation sites is 1. The zero-order valence-corrected chi connectivity index (χ0v) is 10.9. The first-order chi connectivity index (χ1) is 8.60. The van der Waals surface area contributed by atoms with Gasteiger partial charge >= 0.3 is 5.97 Å². The minimum Gasteiger partial charge on any atom is -0.465 e. The van der Waals surface area contributed by atoms with Gasteiger partial charge in [-0.25, -0.2) is 4.79 Å². The summed E-state index contributed by atoms with van der Waals surface area (Å²) >= 11 is 0. The second-order valence-corrected chi connectivity index (χ2v) is 4.06. The van der Waals surface area contributed by atoms with E-state index in [9.17, 15) is 4.79 Å². The van der Waals surface area contributed by atoms with E-state index in [0.29, 0.717) is 11.3 Å². The zero-order chi connectivity index (χ0) is 13.5. The van der Waals surface area contributed by atoms with Crippen molar-refractivity contribution < 1.29 is 9.53 Å². The van der Waals surface area contributed by atoms with Gasteiger partial charge in [-0.1, -0.05) is 32.0 Å². The molecule has 0 atom stereocenters. The van der Waals surface area contributed by atoms with Crippen molar-refractivity contribution in [1.82, 2.24) is 0 Å². The van der Waals surface area contributed by atoms with Crippen LogP contribution in [-0.2, 0) is 9.53 Å². The maximum absolute atomic E-state index is 11.6. The standard InChI is InChI=1S/C14H18N2O2/c1-10(2)13(12(9-15)14(17)18-3)16-11-7-5-4-6-8-11/h4-10H,15H2,1-3H3. The van der Waals surface area contributed by atoms with Crippen molar-refractivity contribution in [1.29, 1.82) is 0 Å². The van der Waals surface area contributed by atoms with Gasteiger partial charge in [0.2, 0.25) is 0 Å². The van der Waals surface area contributed by atoms with Crippen molar-refractivity contribution in [2.45, 2.75) is 13.8 Å². The Morgan fingerprint density at radius 3 is 2.39 bits per heavy atom. The van der Waals surface area contributed by atoms with Gasteiger partial charge in [-0.2, -0.15) is 0 Å². The fourth-order valence-corrected chi connectivity index (χ4v) is 1.51. The van der Waals surface area contributed by atoms with Gasteiger partial charge in [0.1, 0.15) is 0 Å². The number of ether oxygens (including phenoxy) is 1. The largest absolute Gasteiger partial charge is 0.465 e. The fraction of sp³-hybridized carbons (Fsp3) is 0.286. The molecule has 0 spiro atoms. The number of methoxy groups -OCH3 is 1. The SMILES string of the molecule is COC(=O)C(=CN)C(=Nc1ccccc1)C(C)C. The molecule has 4 heteroatoms. The highest BCUT2D eigenvalue weighted by molar-refractivity contribution is 6.20. The Hall–Kier alpha value is -2.10. The number of esters is 1. The van der Waals surface area contributed by atoms with Gasteiger partial charge in [0.25, 0.3) is 0 Å². The zero-order valence-electron chi connectivity index (χ0n) is 10.9. The average Bonchev–Trinajstić information content (AvgIpc) is 2.39. The van der Waals surface area contributed by atoms with Gasteiger partial charge < -0.3 is 10.5 Å². The van der Waals surface area contributed by atoms with Gasteiger partial charge in [0.15, 0.2) is 0 Å². The number of rotatable bonds is 4. The third-order valence-corrected chi connectivity index (χ3v) is 2.40. The number of hydrogen-bond donors (Lipinski definition) is 1. The lowest BCUT2D eigenvalue weighted by Crippen LogP contribution is -2.20. The summed E-state index contributed by atoms with van der Waals surface area (Å²) in [6.07, 6.45) is 1.24. The predicted molar refractivity (Wildman–Crippen MR) is 72.7 cm³/mol. The summed E-state index contributed by atoms with van der Waals surface area (Å²) in [7, 11) is 1.33. The van der Waals surface area contributed by atoms with Gasteiger partial charge in [0.05, 0.1) is 24.1 Å². The number of aliphatic imine (C=N–C) groups is 1. The molecule has 0 radical (unpaired) electrons. The van der Waals surface area contributed by atoms with Crippen LogP contribution in [-0.4, -0.2) is 18.8 Å². The first-order valence-corrected chi connectivity index (χ1v) is 5.74. The van der Waals surface area contributed by atoms with Crippen molar-refractivity contribution >= 4 is 17.4 Å². The molecule has 0 aromatic heterocycles. The predicted octanol–water partition coefficient (Wildman–Crippen LogP) is 2.43. The quantitative estimate of drug-likeness (QED) is 0.504. The molecule has 18 heavy (non-hydrogen) atoms. The molecule has 1 aromatic carbocycles. The summed E-state index contributed by atoms with van der Waals surface area (Å²) < 4.78 is 4.70. The van der Waals surface area contributed by atoms with E-state index in [0.717, 1.165) is 5.69 Å². The summed E-state index contributed by atoms with van der Waals surface area (Å²) in [5.74, 6) is -0.403. The second kappa shape index (κ2) is 6.59. The van der Waals surface area contributed by atoms with Gasteiger partial charge in [-0.05, 0) is 18.1 Å². The van der Waals surface area contributed by atoms with Crippen LogP contribution >= 0.6 is 0 Å². The molecule has 2 N–H and O–H groups in total. The van der Waals surface area contributed by atoms with Gasteiger partial charge in [0, 0.05) is 6.20 Å². The summed E-state index contributed by atoms with van der Waals surface area (Å²) in [5.41, 5.74) is 7.20. The number of benzene rings is 1. The summed E-state index contributed by atoms with van der Waals surface area (Å²) in [4.78, 5) is 16.1. The van der Waals surface area contributed by atoms with Crippen molar-refractivity contribution in [3.8, 4) is 0 Å². The number of nitrogens with zero attached hydrogens (tertiary/aromatic N) is 1. The van der Waals surface area contributed by atoms with Crippen LogP contribution in [0.15, 0.2) is 47.1 Å². The highest BCUT2D eigenvalue weighted by atomic mass is 16.5. The van der Waals surface area contributed by atoms with Gasteiger partial charge in [-0.3, -0.25) is 4.99 Å². The van der Waals surface area contributed by atoms with E-state index in [1.165, 1.54) is 13.3 Å². The number of nitrogens with two attached hydrogens (primary N) is 1. The van der Waals surface area contributed by atoms with E-state index in [1.807, 2.05) is 44.2 Å². The molecular formula is C14H18N2O2. The molecular weight excluding hydrogens is 228 g/mol. The van der Waals surface area contributed by atoms with Crippen LogP contribution < -0.4 is 5.73 Å². The number of hydrogen-bond acceptors (Lipinski definition) is 4. The summed E-state index contributed by atoms with van der Waals surface area (Å²) in [6, 6.07) is 9.43. The molecule has 0 aliphatic carbocycles. The molecule has 1 aromatic rings. The lowest BCUT2D eigenvalue weighted by atomic mass is 10.0. The first-order valence-electron chi connectivity index (χ1n) is 5.74. The van der Waals surface area contributed by atoms with E-state index < -0.39 is 5.97 Å². The molecule has 1 rings (SSSR count). The van der Waals surface area contributed by atoms with Crippen LogP contribution in [0.1, 0.15) is 13.8 Å². The molecule has 0 fully saturated rings. The van der Waals surface area contributed by atoms with E-state index in [4.69, 9.17) is 10.5 Å². The first kappa shape index (κ1) is 14.0. The smallest absolute Gasteiger partial charge is 0.341 e. The Morgan fingerprint density at radius 2 is 1.94 bits per heavy atom. The fourth-order valence-electron chi connectivity index (χ4n) is 1.51. The van der Waals surface area contributed by atoms with Crippen LogP contribution in [0.2, 0.25) is 0 Å². The molecule has 0 aliphatic rings. The topological polar surface area (TPSA) is 64.7 Å². The lowest BCUT2D eigenvalue weighted by Gasteiger charge is -2.12. The maximum atomic E-state index is 11.6. The Bertz CT molecular complexity index is 462. The highest BCUT2D eigenvalue weighted by Crippen LogP contribution is 2.17. The van der Waals surface area contributed by atoms with Crippen LogP contribution in [0.3, 0.4) is 0 Å². The third kappa shape index (κ3) is 3.45. The minimum absolute atomic E-state index is 0.0686. The van der Waals surface area contributed by atoms with E-state index in [1.54, 1.807) is 0 Å². The second-order valence-electron chi connectivity index (χ2n) is 4.06. The monoisotopic (exact) mass is 246 g/mol. The molecule has 96 valence electrons. The maximum Gasteiger partial charge on any atom is 0.341 e. The third-order valence-electron chi connectivity index (χ3n) is 2.40. The van der Waals surface area contributed by atoms with Crippen LogP contribution in [0.25, 0.3) is 0 Å². The average molecular weight is 246 g/mol. The van der Waals surface area contributed by atoms with E-state index in [2.05, 4.69) is 4.99 Å². The van der Waals surface area contributed by atoms with Crippen LogP contribution in [0.4, 0.5) is 5.69 Å². The highest BCUT2D eigenvalue weighted by Gasteiger charge is 2.19. The Labute approximate surface area is 107 Å². The molecule has 0 aliphatic heterocycles. The summed E-state index contributed by atoms with van der Waals surface area (Å²) in [5, 5.41) is 0. The Balaban J connectivity index is 3.18. The number of carbonyl (C=O) groups is 1. The molecule has 0 bridgehead atoms. The molecule has 4 nitrogen and oxygen atoms in total. The molecule has 0 saturated carbocycles.